The van der Waals surface area contributed by atoms with E-state index in [0.29, 0.717) is 22.0 Å². The Hall–Kier alpha value is -2.49. The number of hydrogen-bond acceptors (Lipinski definition) is 4. The van der Waals surface area contributed by atoms with Gasteiger partial charge in [0.1, 0.15) is 12.6 Å². The minimum Gasteiger partial charge on any atom is -0.352 e. The van der Waals surface area contributed by atoms with Gasteiger partial charge in [-0.1, -0.05) is 90.4 Å². The maximum atomic E-state index is 14.2. The molecule has 0 aromatic heterocycles. The smallest absolute Gasteiger partial charge is 0.264 e. The van der Waals surface area contributed by atoms with Crippen molar-refractivity contribution in [2.24, 2.45) is 0 Å². The Balaban J connectivity index is 1.73. The van der Waals surface area contributed by atoms with E-state index in [4.69, 9.17) is 46.4 Å². The maximum Gasteiger partial charge on any atom is 0.264 e. The number of anilines is 1. The van der Waals surface area contributed by atoms with E-state index in [1.807, 2.05) is 6.92 Å². The summed E-state index contributed by atoms with van der Waals surface area (Å²) in [6.07, 6.45) is 4.13. The Labute approximate surface area is 266 Å². The fraction of sp³-hybridized carbons (Fsp3) is 0.333. The average Bonchev–Trinajstić information content (AvgIpc) is 3.48. The van der Waals surface area contributed by atoms with Gasteiger partial charge in [-0.15, -0.1) is 0 Å². The van der Waals surface area contributed by atoms with E-state index >= 15 is 0 Å². The van der Waals surface area contributed by atoms with Crippen LogP contribution >= 0.6 is 46.4 Å². The molecule has 12 heteroatoms. The minimum absolute atomic E-state index is 0.00686. The molecule has 1 N–H and O–H groups in total. The second kappa shape index (κ2) is 14.3. The fourth-order valence-corrected chi connectivity index (χ4v) is 7.05. The lowest BCUT2D eigenvalue weighted by Crippen LogP contribution is -2.53. The zero-order chi connectivity index (χ0) is 30.4. The standard InChI is InChI=1S/C30H31Cl4N3O4S/c1-2-28(30(39)35-21-8-6-7-9-21)36(18-20-12-14-24(31)26(33)16-20)29(38)19-37(22-13-15-25(32)27(34)17-22)42(40,41)23-10-4-3-5-11-23/h3-5,10-17,21,28H,2,6-9,18-19H2,1H3,(H,35,39). The number of benzene rings is 3. The predicted octanol–water partition coefficient (Wildman–Crippen LogP) is 7.36. The molecule has 0 saturated heterocycles. The molecule has 42 heavy (non-hydrogen) atoms. The summed E-state index contributed by atoms with van der Waals surface area (Å²) in [5, 5.41) is 4.10. The van der Waals surface area contributed by atoms with E-state index in [1.54, 1.807) is 36.4 Å². The van der Waals surface area contributed by atoms with Crippen molar-refractivity contribution in [2.45, 2.75) is 62.6 Å². The van der Waals surface area contributed by atoms with Gasteiger partial charge in [0.05, 0.1) is 30.7 Å². The second-order valence-electron chi connectivity index (χ2n) is 10.1. The second-order valence-corrected chi connectivity index (χ2v) is 13.6. The van der Waals surface area contributed by atoms with Crippen molar-refractivity contribution in [3.63, 3.8) is 0 Å². The van der Waals surface area contributed by atoms with Gasteiger partial charge in [-0.3, -0.25) is 13.9 Å². The molecule has 1 aliphatic rings. The summed E-state index contributed by atoms with van der Waals surface area (Å²) >= 11 is 24.7. The lowest BCUT2D eigenvalue weighted by Gasteiger charge is -2.34. The number of carbonyl (C=O) groups excluding carboxylic acids is 2. The summed E-state index contributed by atoms with van der Waals surface area (Å²) in [4.78, 5) is 29.1. The highest BCUT2D eigenvalue weighted by atomic mass is 35.5. The number of nitrogens with one attached hydrogen (secondary N) is 1. The Kier molecular flexibility index (Phi) is 11.1. The van der Waals surface area contributed by atoms with Gasteiger partial charge < -0.3 is 10.2 Å². The molecule has 1 aliphatic carbocycles. The summed E-state index contributed by atoms with van der Waals surface area (Å²) in [7, 11) is -4.22. The average molecular weight is 671 g/mol. The summed E-state index contributed by atoms with van der Waals surface area (Å²) in [6.45, 7) is 1.22. The SMILES string of the molecule is CCC(C(=O)NC1CCCC1)N(Cc1ccc(Cl)c(Cl)c1)C(=O)CN(c1ccc(Cl)c(Cl)c1)S(=O)(=O)c1ccccc1. The Bertz CT molecular complexity index is 1530. The number of carbonyl (C=O) groups is 2. The monoisotopic (exact) mass is 669 g/mol. The van der Waals surface area contributed by atoms with Crippen molar-refractivity contribution in [2.75, 3.05) is 10.8 Å². The Morgan fingerprint density at radius 3 is 2.10 bits per heavy atom. The molecular weight excluding hydrogens is 640 g/mol. The van der Waals surface area contributed by atoms with Gasteiger partial charge in [-0.05, 0) is 67.3 Å². The molecule has 2 amide bonds. The fourth-order valence-electron chi connectivity index (χ4n) is 5.01. The lowest BCUT2D eigenvalue weighted by molar-refractivity contribution is -0.140. The van der Waals surface area contributed by atoms with Crippen LogP contribution in [-0.4, -0.2) is 43.8 Å². The van der Waals surface area contributed by atoms with Crippen molar-refractivity contribution >= 4 is 73.9 Å². The molecule has 4 rings (SSSR count). The number of halogens is 4. The van der Waals surface area contributed by atoms with Crippen LogP contribution in [0.1, 0.15) is 44.6 Å². The molecule has 7 nitrogen and oxygen atoms in total. The van der Waals surface area contributed by atoms with Crippen LogP contribution in [0.5, 0.6) is 0 Å². The van der Waals surface area contributed by atoms with E-state index in [1.165, 1.54) is 35.2 Å². The summed E-state index contributed by atoms with van der Waals surface area (Å²) in [5.41, 5.74) is 0.788. The Morgan fingerprint density at radius 1 is 0.881 bits per heavy atom. The molecule has 3 aromatic carbocycles. The third kappa shape index (κ3) is 7.71. The van der Waals surface area contributed by atoms with Crippen LogP contribution in [0.2, 0.25) is 20.1 Å². The molecule has 1 atom stereocenters. The first-order chi connectivity index (χ1) is 20.0. The van der Waals surface area contributed by atoms with Gasteiger partial charge in [-0.2, -0.15) is 0 Å². The lowest BCUT2D eigenvalue weighted by atomic mass is 10.1. The molecule has 0 spiro atoms. The molecule has 1 saturated carbocycles. The zero-order valence-electron chi connectivity index (χ0n) is 22.9. The number of hydrogen-bond donors (Lipinski definition) is 1. The van der Waals surface area contributed by atoms with Crippen LogP contribution in [0.4, 0.5) is 5.69 Å². The minimum atomic E-state index is -4.22. The molecular formula is C30H31Cl4N3O4S. The maximum absolute atomic E-state index is 14.2. The molecule has 0 aliphatic heterocycles. The van der Waals surface area contributed by atoms with Gasteiger partial charge in [0.25, 0.3) is 10.0 Å². The molecule has 224 valence electrons. The van der Waals surface area contributed by atoms with Gasteiger partial charge in [0.2, 0.25) is 11.8 Å². The van der Waals surface area contributed by atoms with Crippen LogP contribution in [0.25, 0.3) is 0 Å². The first-order valence-corrected chi connectivity index (χ1v) is 16.5. The summed E-state index contributed by atoms with van der Waals surface area (Å²) in [6, 6.07) is 16.3. The molecule has 3 aromatic rings. The summed E-state index contributed by atoms with van der Waals surface area (Å²) < 4.78 is 28.8. The predicted molar refractivity (Wildman–Crippen MR) is 169 cm³/mol. The van der Waals surface area contributed by atoms with E-state index < -0.39 is 28.5 Å². The van der Waals surface area contributed by atoms with Crippen LogP contribution in [0.3, 0.4) is 0 Å². The van der Waals surface area contributed by atoms with Crippen molar-refractivity contribution in [1.82, 2.24) is 10.2 Å². The van der Waals surface area contributed by atoms with E-state index in [0.717, 1.165) is 30.0 Å². The largest absolute Gasteiger partial charge is 0.352 e. The topological polar surface area (TPSA) is 86.8 Å². The highest BCUT2D eigenvalue weighted by Gasteiger charge is 2.34. The van der Waals surface area contributed by atoms with Crippen LogP contribution in [-0.2, 0) is 26.2 Å². The first kappa shape index (κ1) is 32.4. The van der Waals surface area contributed by atoms with E-state index in [-0.39, 0.29) is 39.1 Å². The van der Waals surface area contributed by atoms with Crippen LogP contribution in [0.15, 0.2) is 71.6 Å². The van der Waals surface area contributed by atoms with Crippen molar-refractivity contribution < 1.29 is 18.0 Å². The van der Waals surface area contributed by atoms with E-state index in [2.05, 4.69) is 5.32 Å². The van der Waals surface area contributed by atoms with Gasteiger partial charge in [0, 0.05) is 12.6 Å². The number of amides is 2. The molecule has 0 bridgehead atoms. The molecule has 0 heterocycles. The van der Waals surface area contributed by atoms with Gasteiger partial charge >= 0.3 is 0 Å². The van der Waals surface area contributed by atoms with Crippen molar-refractivity contribution in [3.8, 4) is 0 Å². The summed E-state index contributed by atoms with van der Waals surface area (Å²) in [5.74, 6) is -0.870. The quantitative estimate of drug-likeness (QED) is 0.231. The third-order valence-corrected chi connectivity index (χ3v) is 10.5. The van der Waals surface area contributed by atoms with Gasteiger partial charge in [0.15, 0.2) is 0 Å². The van der Waals surface area contributed by atoms with Gasteiger partial charge in [-0.25, -0.2) is 8.42 Å². The van der Waals surface area contributed by atoms with Crippen molar-refractivity contribution in [1.29, 1.82) is 0 Å². The number of sulfonamides is 1. The Morgan fingerprint density at radius 2 is 1.50 bits per heavy atom. The third-order valence-electron chi connectivity index (χ3n) is 7.23. The molecule has 1 unspecified atom stereocenters. The van der Waals surface area contributed by atoms with Crippen LogP contribution in [0, 0.1) is 0 Å². The van der Waals surface area contributed by atoms with E-state index in [9.17, 15) is 18.0 Å². The number of rotatable bonds is 11. The normalized spacial score (nSPS) is 14.4. The highest BCUT2D eigenvalue weighted by molar-refractivity contribution is 7.92. The molecule has 1 fully saturated rings. The molecule has 0 radical (unpaired) electrons. The van der Waals surface area contributed by atoms with Crippen LogP contribution < -0.4 is 9.62 Å². The first-order valence-electron chi connectivity index (χ1n) is 13.6. The zero-order valence-corrected chi connectivity index (χ0v) is 26.7. The highest BCUT2D eigenvalue weighted by Crippen LogP contribution is 2.31. The number of nitrogens with zero attached hydrogens (tertiary/aromatic N) is 2. The van der Waals surface area contributed by atoms with Crippen molar-refractivity contribution in [3.05, 3.63) is 92.4 Å².